The van der Waals surface area contributed by atoms with Gasteiger partial charge in [0.15, 0.2) is 0 Å². The number of aromatic hydroxyl groups is 1. The molecule has 0 atom stereocenters. The van der Waals surface area contributed by atoms with Crippen molar-refractivity contribution in [1.82, 2.24) is 0 Å². The third-order valence-corrected chi connectivity index (χ3v) is 6.45. The van der Waals surface area contributed by atoms with Gasteiger partial charge in [0.05, 0.1) is 0 Å². The number of hydrogen-bond acceptors (Lipinski definition) is 2. The summed E-state index contributed by atoms with van der Waals surface area (Å²) < 4.78 is 0. The summed E-state index contributed by atoms with van der Waals surface area (Å²) >= 11 is 1.91. The molecule has 0 aliphatic carbocycles. The largest absolute Gasteiger partial charge is 0.507 e. The van der Waals surface area contributed by atoms with Gasteiger partial charge >= 0.3 is 0 Å². The molecule has 0 spiro atoms. The summed E-state index contributed by atoms with van der Waals surface area (Å²) in [7, 11) is 0. The molecule has 0 saturated carbocycles. The predicted octanol–water partition coefficient (Wildman–Crippen LogP) is 8.04. The number of phenols is 1. The Kier molecular flexibility index (Phi) is 5.87. The minimum Gasteiger partial charge on any atom is -0.507 e. The Balaban J connectivity index is 1.87. The molecular weight excluding hydrogens is 360 g/mol. The van der Waals surface area contributed by atoms with E-state index in [1.165, 1.54) is 41.4 Å². The van der Waals surface area contributed by atoms with Gasteiger partial charge in [0.25, 0.3) is 0 Å². The van der Waals surface area contributed by atoms with Crippen molar-refractivity contribution < 1.29 is 5.11 Å². The molecule has 0 aliphatic heterocycles. The molecule has 28 heavy (non-hydrogen) atoms. The van der Waals surface area contributed by atoms with Crippen LogP contribution in [0.1, 0.15) is 32.6 Å². The number of fused-ring (bicyclic) bond motifs is 2. The maximum atomic E-state index is 10.9. The minimum atomic E-state index is 0.350. The normalized spacial score (nSPS) is 11.3. The summed E-state index contributed by atoms with van der Waals surface area (Å²) in [4.78, 5) is 1.25. The second-order valence-electron chi connectivity index (χ2n) is 7.25. The molecule has 4 aromatic rings. The van der Waals surface area contributed by atoms with Crippen LogP contribution >= 0.6 is 11.8 Å². The van der Waals surface area contributed by atoms with Gasteiger partial charge in [0.2, 0.25) is 0 Å². The van der Waals surface area contributed by atoms with E-state index in [0.29, 0.717) is 5.75 Å². The van der Waals surface area contributed by atoms with Crippen LogP contribution in [0.5, 0.6) is 5.75 Å². The summed E-state index contributed by atoms with van der Waals surface area (Å²) in [6.45, 7) is 2.25. The molecule has 2 heteroatoms. The number of hydrogen-bond donors (Lipinski definition) is 1. The lowest BCUT2D eigenvalue weighted by molar-refractivity contribution is 0.478. The third kappa shape index (κ3) is 3.74. The monoisotopic (exact) mass is 386 g/mol. The minimum absolute atomic E-state index is 0.350. The zero-order valence-electron chi connectivity index (χ0n) is 16.3. The van der Waals surface area contributed by atoms with E-state index >= 15 is 0 Å². The maximum Gasteiger partial charge on any atom is 0.124 e. The fourth-order valence-corrected chi connectivity index (χ4v) is 4.95. The number of rotatable bonds is 7. The van der Waals surface area contributed by atoms with E-state index < -0.39 is 0 Å². The van der Waals surface area contributed by atoms with Crippen molar-refractivity contribution in [2.24, 2.45) is 0 Å². The Morgan fingerprint density at radius 3 is 2.04 bits per heavy atom. The summed E-state index contributed by atoms with van der Waals surface area (Å²) in [5, 5.41) is 15.5. The molecule has 1 nitrogen and oxygen atoms in total. The van der Waals surface area contributed by atoms with Crippen molar-refractivity contribution in [2.45, 2.75) is 37.5 Å². The Hall–Kier alpha value is -2.45. The topological polar surface area (TPSA) is 20.2 Å². The molecule has 0 unspecified atom stereocenters. The zero-order chi connectivity index (χ0) is 19.3. The first-order chi connectivity index (χ1) is 13.8. The molecule has 0 bridgehead atoms. The highest BCUT2D eigenvalue weighted by Crippen LogP contribution is 2.44. The van der Waals surface area contributed by atoms with E-state index in [1.807, 2.05) is 30.0 Å². The first-order valence-electron chi connectivity index (χ1n) is 10.1. The second kappa shape index (κ2) is 8.70. The van der Waals surface area contributed by atoms with Crippen molar-refractivity contribution in [1.29, 1.82) is 0 Å². The Morgan fingerprint density at radius 1 is 0.679 bits per heavy atom. The summed E-state index contributed by atoms with van der Waals surface area (Å²) in [6, 6.07) is 25.1. The Morgan fingerprint density at radius 2 is 1.32 bits per heavy atom. The first kappa shape index (κ1) is 18.9. The first-order valence-corrected chi connectivity index (χ1v) is 11.1. The van der Waals surface area contributed by atoms with E-state index in [0.717, 1.165) is 27.7 Å². The fourth-order valence-electron chi connectivity index (χ4n) is 3.86. The van der Waals surface area contributed by atoms with Gasteiger partial charge in [-0.15, -0.1) is 11.8 Å². The average Bonchev–Trinajstić information content (AvgIpc) is 2.74. The molecule has 0 amide bonds. The van der Waals surface area contributed by atoms with E-state index in [-0.39, 0.29) is 0 Å². The highest BCUT2D eigenvalue weighted by molar-refractivity contribution is 7.99. The molecule has 0 heterocycles. The number of thioether (sulfide) groups is 1. The number of benzene rings is 4. The van der Waals surface area contributed by atoms with Crippen molar-refractivity contribution in [3.8, 4) is 16.9 Å². The molecule has 0 saturated heterocycles. The van der Waals surface area contributed by atoms with E-state index in [2.05, 4.69) is 61.5 Å². The maximum absolute atomic E-state index is 10.9. The van der Waals surface area contributed by atoms with Crippen LogP contribution in [0.3, 0.4) is 0 Å². The van der Waals surface area contributed by atoms with Crippen LogP contribution in [0, 0.1) is 0 Å². The average molecular weight is 387 g/mol. The molecule has 0 radical (unpaired) electrons. The molecular formula is C26H26OS. The molecule has 4 aromatic carbocycles. The van der Waals surface area contributed by atoms with Gasteiger partial charge < -0.3 is 5.11 Å². The lowest BCUT2D eigenvalue weighted by Gasteiger charge is -2.17. The smallest absolute Gasteiger partial charge is 0.124 e. The second-order valence-corrected chi connectivity index (χ2v) is 8.39. The van der Waals surface area contributed by atoms with Crippen LogP contribution in [-0.4, -0.2) is 10.9 Å². The van der Waals surface area contributed by atoms with Crippen molar-refractivity contribution in [2.75, 3.05) is 5.75 Å². The van der Waals surface area contributed by atoms with Gasteiger partial charge in [-0.05, 0) is 45.9 Å². The molecule has 0 aliphatic rings. The summed E-state index contributed by atoms with van der Waals surface area (Å²) in [5.41, 5.74) is 2.11. The van der Waals surface area contributed by atoms with Gasteiger partial charge in [-0.3, -0.25) is 0 Å². The van der Waals surface area contributed by atoms with Crippen LogP contribution in [0.4, 0.5) is 0 Å². The van der Waals surface area contributed by atoms with Crippen LogP contribution in [0.15, 0.2) is 77.7 Å². The lowest BCUT2D eigenvalue weighted by Crippen LogP contribution is -1.90. The summed E-state index contributed by atoms with van der Waals surface area (Å²) in [6.07, 6.45) is 5.07. The number of unbranched alkanes of at least 4 members (excludes halogenated alkanes) is 3. The predicted molar refractivity (Wildman–Crippen MR) is 123 cm³/mol. The van der Waals surface area contributed by atoms with Crippen molar-refractivity contribution >= 4 is 33.3 Å². The molecule has 0 aromatic heterocycles. The molecule has 1 N–H and O–H groups in total. The van der Waals surface area contributed by atoms with E-state index in [4.69, 9.17) is 0 Å². The van der Waals surface area contributed by atoms with Crippen LogP contribution in [0.2, 0.25) is 0 Å². The van der Waals surface area contributed by atoms with Gasteiger partial charge in [-0.1, -0.05) is 86.8 Å². The van der Waals surface area contributed by atoms with Crippen LogP contribution in [-0.2, 0) is 0 Å². The van der Waals surface area contributed by atoms with Crippen molar-refractivity contribution in [3.63, 3.8) is 0 Å². The number of phenolic OH excluding ortho intramolecular Hbond substituents is 1. The van der Waals surface area contributed by atoms with Gasteiger partial charge in [0.1, 0.15) is 5.75 Å². The fraction of sp³-hybridized carbons (Fsp3) is 0.231. The Bertz CT molecular complexity index is 1100. The molecule has 4 rings (SSSR count). The molecule has 0 fully saturated rings. The van der Waals surface area contributed by atoms with Gasteiger partial charge in [0, 0.05) is 16.0 Å². The van der Waals surface area contributed by atoms with E-state index in [9.17, 15) is 5.11 Å². The van der Waals surface area contributed by atoms with E-state index in [1.54, 1.807) is 0 Å². The molecule has 142 valence electrons. The van der Waals surface area contributed by atoms with Gasteiger partial charge in [-0.25, -0.2) is 0 Å². The quantitative estimate of drug-likeness (QED) is 0.256. The summed E-state index contributed by atoms with van der Waals surface area (Å²) in [5.74, 6) is 1.46. The standard InChI is InChI=1S/C26H26OS/c1-2-3-4-9-18-28-24-17-15-20-11-6-8-13-22(20)26(24)25-21-12-7-5-10-19(21)14-16-23(25)27/h5-8,10-17,27H,2-4,9,18H2,1H3. The SMILES string of the molecule is CCCCCCSc1ccc2ccccc2c1-c1c(O)ccc2ccccc12. The van der Waals surface area contributed by atoms with Crippen molar-refractivity contribution in [3.05, 3.63) is 72.8 Å². The van der Waals surface area contributed by atoms with Crippen LogP contribution < -0.4 is 0 Å². The van der Waals surface area contributed by atoms with Crippen LogP contribution in [0.25, 0.3) is 32.7 Å². The zero-order valence-corrected chi connectivity index (χ0v) is 17.1. The Labute approximate surface area is 171 Å². The van der Waals surface area contributed by atoms with Gasteiger partial charge in [-0.2, -0.15) is 0 Å². The highest BCUT2D eigenvalue weighted by Gasteiger charge is 2.16. The third-order valence-electron chi connectivity index (χ3n) is 5.30. The lowest BCUT2D eigenvalue weighted by atomic mass is 9.93. The highest BCUT2D eigenvalue weighted by atomic mass is 32.2.